The minimum atomic E-state index is -0.458. The van der Waals surface area contributed by atoms with Crippen LogP contribution in [-0.2, 0) is 11.3 Å². The van der Waals surface area contributed by atoms with E-state index in [2.05, 4.69) is 10.6 Å². The lowest BCUT2D eigenvalue weighted by Crippen LogP contribution is -2.49. The minimum absolute atomic E-state index is 0.0506. The quantitative estimate of drug-likeness (QED) is 0.745. The molecular weight excluding hydrogens is 378 g/mol. The van der Waals surface area contributed by atoms with Crippen molar-refractivity contribution < 1.29 is 14.3 Å². The number of ether oxygens (including phenoxy) is 1. The third kappa shape index (κ3) is 5.53. The highest BCUT2D eigenvalue weighted by molar-refractivity contribution is 5.90. The second kappa shape index (κ2) is 9.65. The molecule has 1 fully saturated rings. The van der Waals surface area contributed by atoms with E-state index in [1.807, 2.05) is 69.3 Å². The van der Waals surface area contributed by atoms with E-state index in [4.69, 9.17) is 4.74 Å². The maximum absolute atomic E-state index is 12.8. The largest absolute Gasteiger partial charge is 0.494 e. The molecule has 0 aliphatic carbocycles. The van der Waals surface area contributed by atoms with Gasteiger partial charge in [-0.1, -0.05) is 36.8 Å². The standard InChI is InChI=1S/C24H31N3O3/c1-4-30-21-11-9-20(10-12-21)26-23(29)27-15-13-24(3,14-16-27)22(28)25-17-19-7-5-18(2)6-8-19/h5-12H,4,13-17H2,1-3H3,(H,25,28)(H,26,29). The summed E-state index contributed by atoms with van der Waals surface area (Å²) in [5, 5.41) is 5.98. The molecule has 0 unspecified atom stereocenters. The predicted molar refractivity (Wildman–Crippen MR) is 119 cm³/mol. The predicted octanol–water partition coefficient (Wildman–Crippen LogP) is 4.34. The molecular formula is C24H31N3O3. The van der Waals surface area contributed by atoms with Crippen LogP contribution < -0.4 is 15.4 Å². The van der Waals surface area contributed by atoms with Crippen molar-refractivity contribution in [3.63, 3.8) is 0 Å². The highest BCUT2D eigenvalue weighted by atomic mass is 16.5. The molecule has 2 aromatic rings. The molecule has 6 nitrogen and oxygen atoms in total. The number of likely N-dealkylation sites (tertiary alicyclic amines) is 1. The Morgan fingerprint density at radius 3 is 2.27 bits per heavy atom. The lowest BCUT2D eigenvalue weighted by Gasteiger charge is -2.38. The molecule has 1 heterocycles. The maximum Gasteiger partial charge on any atom is 0.321 e. The van der Waals surface area contributed by atoms with Gasteiger partial charge in [0.25, 0.3) is 0 Å². The van der Waals surface area contributed by atoms with Crippen molar-refractivity contribution in [2.24, 2.45) is 5.41 Å². The second-order valence-corrected chi connectivity index (χ2v) is 8.10. The van der Waals surface area contributed by atoms with Gasteiger partial charge in [-0.25, -0.2) is 4.79 Å². The number of aryl methyl sites for hydroxylation is 1. The molecule has 3 rings (SSSR count). The van der Waals surface area contributed by atoms with Gasteiger partial charge in [0, 0.05) is 30.7 Å². The average molecular weight is 410 g/mol. The Balaban J connectivity index is 1.48. The van der Waals surface area contributed by atoms with Crippen LogP contribution in [0.1, 0.15) is 37.8 Å². The zero-order valence-corrected chi connectivity index (χ0v) is 18.0. The SMILES string of the molecule is CCOc1ccc(NC(=O)N2CCC(C)(C(=O)NCc3ccc(C)cc3)CC2)cc1. The lowest BCUT2D eigenvalue weighted by atomic mass is 9.79. The third-order valence-electron chi connectivity index (χ3n) is 5.69. The monoisotopic (exact) mass is 409 g/mol. The number of urea groups is 1. The first kappa shape index (κ1) is 21.7. The molecule has 1 saturated heterocycles. The summed E-state index contributed by atoms with van der Waals surface area (Å²) in [5.41, 5.74) is 2.56. The summed E-state index contributed by atoms with van der Waals surface area (Å²) in [7, 11) is 0. The minimum Gasteiger partial charge on any atom is -0.494 e. The summed E-state index contributed by atoms with van der Waals surface area (Å²) in [5.74, 6) is 0.829. The fourth-order valence-electron chi connectivity index (χ4n) is 3.54. The maximum atomic E-state index is 12.8. The number of benzene rings is 2. The van der Waals surface area contributed by atoms with Crippen molar-refractivity contribution >= 4 is 17.6 Å². The Morgan fingerprint density at radius 1 is 1.03 bits per heavy atom. The van der Waals surface area contributed by atoms with Crippen molar-refractivity contribution in [2.45, 2.75) is 40.2 Å². The third-order valence-corrected chi connectivity index (χ3v) is 5.69. The first-order valence-corrected chi connectivity index (χ1v) is 10.5. The van der Waals surface area contributed by atoms with Crippen molar-refractivity contribution in [3.8, 4) is 5.75 Å². The van der Waals surface area contributed by atoms with Gasteiger partial charge in [0.1, 0.15) is 5.75 Å². The zero-order valence-electron chi connectivity index (χ0n) is 18.0. The van der Waals surface area contributed by atoms with Crippen LogP contribution in [0.2, 0.25) is 0 Å². The summed E-state index contributed by atoms with van der Waals surface area (Å²) in [6, 6.07) is 15.4. The number of piperidine rings is 1. The number of rotatable bonds is 6. The lowest BCUT2D eigenvalue weighted by molar-refractivity contribution is -0.132. The van der Waals surface area contributed by atoms with Gasteiger partial charge < -0.3 is 20.3 Å². The van der Waals surface area contributed by atoms with Gasteiger partial charge in [0.15, 0.2) is 0 Å². The van der Waals surface area contributed by atoms with Crippen LogP contribution in [0.3, 0.4) is 0 Å². The van der Waals surface area contributed by atoms with Crippen molar-refractivity contribution in [2.75, 3.05) is 25.0 Å². The highest BCUT2D eigenvalue weighted by Crippen LogP contribution is 2.31. The number of amides is 3. The van der Waals surface area contributed by atoms with Crippen LogP contribution in [0.25, 0.3) is 0 Å². The Morgan fingerprint density at radius 2 is 1.67 bits per heavy atom. The van der Waals surface area contributed by atoms with Gasteiger partial charge in [-0.15, -0.1) is 0 Å². The van der Waals surface area contributed by atoms with Crippen LogP contribution in [0, 0.1) is 12.3 Å². The van der Waals surface area contributed by atoms with Crippen LogP contribution in [0.15, 0.2) is 48.5 Å². The number of hydrogen-bond acceptors (Lipinski definition) is 3. The Kier molecular flexibility index (Phi) is 6.98. The van der Waals surface area contributed by atoms with Crippen LogP contribution in [-0.4, -0.2) is 36.5 Å². The van der Waals surface area contributed by atoms with Crippen molar-refractivity contribution in [1.29, 1.82) is 0 Å². The highest BCUT2D eigenvalue weighted by Gasteiger charge is 2.37. The van der Waals surface area contributed by atoms with Crippen LogP contribution >= 0.6 is 0 Å². The molecule has 1 aliphatic heterocycles. The van der Waals surface area contributed by atoms with Crippen LogP contribution in [0.5, 0.6) is 5.75 Å². The van der Waals surface area contributed by atoms with Crippen LogP contribution in [0.4, 0.5) is 10.5 Å². The molecule has 0 bridgehead atoms. The normalized spacial score (nSPS) is 15.4. The molecule has 2 aromatic carbocycles. The van der Waals surface area contributed by atoms with Gasteiger partial charge in [-0.3, -0.25) is 4.79 Å². The van der Waals surface area contributed by atoms with Gasteiger partial charge >= 0.3 is 6.03 Å². The number of nitrogens with one attached hydrogen (secondary N) is 2. The van der Waals surface area contributed by atoms with E-state index in [9.17, 15) is 9.59 Å². The zero-order chi connectivity index (χ0) is 21.6. The van der Waals surface area contributed by atoms with Crippen molar-refractivity contribution in [3.05, 3.63) is 59.7 Å². The molecule has 0 atom stereocenters. The van der Waals surface area contributed by atoms with E-state index in [0.717, 1.165) is 17.0 Å². The average Bonchev–Trinajstić information content (AvgIpc) is 2.75. The van der Waals surface area contributed by atoms with E-state index in [1.54, 1.807) is 4.90 Å². The Labute approximate surface area is 178 Å². The number of carbonyl (C=O) groups is 2. The second-order valence-electron chi connectivity index (χ2n) is 8.10. The van der Waals surface area contributed by atoms with E-state index in [0.29, 0.717) is 39.1 Å². The molecule has 2 N–H and O–H groups in total. The first-order chi connectivity index (χ1) is 14.4. The fourth-order valence-corrected chi connectivity index (χ4v) is 3.54. The molecule has 0 aromatic heterocycles. The van der Waals surface area contributed by atoms with Gasteiger partial charge in [-0.2, -0.15) is 0 Å². The van der Waals surface area contributed by atoms with E-state index >= 15 is 0 Å². The van der Waals surface area contributed by atoms with Gasteiger partial charge in [0.2, 0.25) is 5.91 Å². The van der Waals surface area contributed by atoms with Gasteiger partial charge in [0.05, 0.1) is 6.61 Å². The molecule has 0 saturated carbocycles. The summed E-state index contributed by atoms with van der Waals surface area (Å²) in [4.78, 5) is 27.1. The summed E-state index contributed by atoms with van der Waals surface area (Å²) in [6.45, 7) is 8.20. The van der Waals surface area contributed by atoms with Gasteiger partial charge in [-0.05, 0) is 56.5 Å². The number of hydrogen-bond donors (Lipinski definition) is 2. The summed E-state index contributed by atoms with van der Waals surface area (Å²) < 4.78 is 5.42. The first-order valence-electron chi connectivity index (χ1n) is 10.5. The van der Waals surface area contributed by atoms with Crippen molar-refractivity contribution in [1.82, 2.24) is 10.2 Å². The summed E-state index contributed by atoms with van der Waals surface area (Å²) in [6.07, 6.45) is 1.28. The molecule has 0 spiro atoms. The number of carbonyl (C=O) groups excluding carboxylic acids is 2. The summed E-state index contributed by atoms with van der Waals surface area (Å²) >= 11 is 0. The topological polar surface area (TPSA) is 70.7 Å². The van der Waals surface area contributed by atoms with E-state index in [-0.39, 0.29) is 11.9 Å². The smallest absolute Gasteiger partial charge is 0.321 e. The molecule has 3 amide bonds. The molecule has 30 heavy (non-hydrogen) atoms. The molecule has 1 aliphatic rings. The van der Waals surface area contributed by atoms with E-state index < -0.39 is 5.41 Å². The number of nitrogens with zero attached hydrogens (tertiary/aromatic N) is 1. The number of anilines is 1. The fraction of sp³-hybridized carbons (Fsp3) is 0.417. The molecule has 0 radical (unpaired) electrons. The Hall–Kier alpha value is -3.02. The molecule has 160 valence electrons. The molecule has 6 heteroatoms. The Bertz CT molecular complexity index is 854. The van der Waals surface area contributed by atoms with E-state index in [1.165, 1.54) is 5.56 Å².